The molecule has 0 unspecified atom stereocenters. The van der Waals surface area contributed by atoms with Crippen molar-refractivity contribution in [2.75, 3.05) is 13.2 Å². The van der Waals surface area contributed by atoms with Gasteiger partial charge in [0.1, 0.15) is 0 Å². The Labute approximate surface area is 107 Å². The van der Waals surface area contributed by atoms with Crippen LogP contribution in [0.15, 0.2) is 18.5 Å². The molecule has 0 aliphatic heterocycles. The zero-order valence-corrected chi connectivity index (χ0v) is 10.6. The van der Waals surface area contributed by atoms with E-state index < -0.39 is 0 Å². The maximum atomic E-state index is 11.8. The van der Waals surface area contributed by atoms with Crippen LogP contribution in [0.25, 0.3) is 0 Å². The van der Waals surface area contributed by atoms with E-state index in [9.17, 15) is 4.79 Å². The van der Waals surface area contributed by atoms with Crippen molar-refractivity contribution in [1.29, 1.82) is 0 Å². The lowest BCUT2D eigenvalue weighted by molar-refractivity contribution is 0.0952. The molecule has 1 aromatic rings. The van der Waals surface area contributed by atoms with Crippen LogP contribution in [0.1, 0.15) is 42.1 Å². The zero-order chi connectivity index (χ0) is 13.2. The van der Waals surface area contributed by atoms with Crippen LogP contribution >= 0.6 is 0 Å². The zero-order valence-electron chi connectivity index (χ0n) is 10.6. The average molecular weight is 246 g/mol. The van der Waals surface area contributed by atoms with E-state index >= 15 is 0 Å². The maximum absolute atomic E-state index is 11.8. The minimum atomic E-state index is -0.123. The molecule has 0 saturated heterocycles. The number of aromatic nitrogens is 1. The maximum Gasteiger partial charge on any atom is 0.252 e. The molecule has 96 valence electrons. The Hall–Kier alpha value is -1.86. The summed E-state index contributed by atoms with van der Waals surface area (Å²) in [6.45, 7) is 2.79. The molecular formula is C14H18N2O2. The fourth-order valence-corrected chi connectivity index (χ4v) is 1.33. The molecule has 4 heteroatoms. The van der Waals surface area contributed by atoms with Gasteiger partial charge in [0.15, 0.2) is 0 Å². The van der Waals surface area contributed by atoms with Gasteiger partial charge in [-0.2, -0.15) is 0 Å². The number of hydrogen-bond acceptors (Lipinski definition) is 3. The van der Waals surface area contributed by atoms with Gasteiger partial charge in [-0.3, -0.25) is 9.78 Å². The summed E-state index contributed by atoms with van der Waals surface area (Å²) >= 11 is 0. The number of aliphatic hydroxyl groups is 1. The molecule has 0 saturated carbocycles. The van der Waals surface area contributed by atoms with E-state index in [1.54, 1.807) is 12.3 Å². The molecular weight excluding hydrogens is 228 g/mol. The largest absolute Gasteiger partial charge is 0.395 e. The summed E-state index contributed by atoms with van der Waals surface area (Å²) < 4.78 is 0. The first-order valence-corrected chi connectivity index (χ1v) is 6.11. The first kappa shape index (κ1) is 14.2. The number of pyridine rings is 1. The Morgan fingerprint density at radius 1 is 1.50 bits per heavy atom. The normalized spacial score (nSPS) is 9.44. The Kier molecular flexibility index (Phi) is 6.52. The summed E-state index contributed by atoms with van der Waals surface area (Å²) in [4.78, 5) is 15.7. The third kappa shape index (κ3) is 4.98. The van der Waals surface area contributed by atoms with E-state index in [2.05, 4.69) is 29.1 Å². The number of carbonyl (C=O) groups is 1. The number of nitrogens with zero attached hydrogens (tertiary/aromatic N) is 1. The van der Waals surface area contributed by atoms with Crippen molar-refractivity contribution in [2.45, 2.75) is 26.2 Å². The van der Waals surface area contributed by atoms with Crippen molar-refractivity contribution in [3.8, 4) is 11.8 Å². The summed E-state index contributed by atoms with van der Waals surface area (Å²) in [5.74, 6) is 5.53. The lowest BCUT2D eigenvalue weighted by Gasteiger charge is -2.03. The molecule has 0 bridgehead atoms. The number of hydrogen-bond donors (Lipinski definition) is 2. The highest BCUT2D eigenvalue weighted by Gasteiger charge is 2.05. The lowest BCUT2D eigenvalue weighted by atomic mass is 10.2. The standard InChI is InChI=1S/C14H18N2O2/c1-2-3-7-16-14(18)13-9-12(10-15-11-13)6-4-5-8-17/h9-11,17H,2-3,5,7-8H2,1H3,(H,16,18). The van der Waals surface area contributed by atoms with Gasteiger partial charge in [0.25, 0.3) is 5.91 Å². The van der Waals surface area contributed by atoms with Crippen molar-refractivity contribution in [2.24, 2.45) is 0 Å². The second-order valence-electron chi connectivity index (χ2n) is 3.85. The van der Waals surface area contributed by atoms with Crippen LogP contribution in [-0.2, 0) is 0 Å². The number of amides is 1. The summed E-state index contributed by atoms with van der Waals surface area (Å²) in [7, 11) is 0. The molecule has 0 atom stereocenters. The molecule has 4 nitrogen and oxygen atoms in total. The first-order valence-electron chi connectivity index (χ1n) is 6.11. The number of unbranched alkanes of at least 4 members (excludes halogenated alkanes) is 1. The van der Waals surface area contributed by atoms with Crippen LogP contribution in [-0.4, -0.2) is 29.1 Å². The van der Waals surface area contributed by atoms with E-state index in [1.807, 2.05) is 0 Å². The van der Waals surface area contributed by atoms with Crippen molar-refractivity contribution in [3.05, 3.63) is 29.6 Å². The predicted octanol–water partition coefficient (Wildman–Crippen LogP) is 1.35. The minimum absolute atomic E-state index is 0.0393. The molecule has 1 amide bonds. The summed E-state index contributed by atoms with van der Waals surface area (Å²) in [5, 5.41) is 11.5. The van der Waals surface area contributed by atoms with Crippen LogP contribution in [0.5, 0.6) is 0 Å². The number of carbonyl (C=O) groups excluding carboxylic acids is 1. The first-order chi connectivity index (χ1) is 8.77. The topological polar surface area (TPSA) is 62.2 Å². The SMILES string of the molecule is CCCCNC(=O)c1cncc(C#CCCO)c1. The van der Waals surface area contributed by atoms with Gasteiger partial charge in [-0.15, -0.1) is 0 Å². The summed E-state index contributed by atoms with van der Waals surface area (Å²) in [6.07, 6.45) is 5.57. The molecule has 1 rings (SSSR count). The highest BCUT2D eigenvalue weighted by Crippen LogP contribution is 2.01. The quantitative estimate of drug-likeness (QED) is 0.609. The van der Waals surface area contributed by atoms with Gasteiger partial charge < -0.3 is 10.4 Å². The Morgan fingerprint density at radius 3 is 3.06 bits per heavy atom. The number of rotatable bonds is 5. The van der Waals surface area contributed by atoms with Crippen molar-refractivity contribution < 1.29 is 9.90 Å². The van der Waals surface area contributed by atoms with Crippen LogP contribution in [0.2, 0.25) is 0 Å². The Bertz CT molecular complexity index is 447. The average Bonchev–Trinajstić information content (AvgIpc) is 2.39. The molecule has 0 aliphatic rings. The smallest absolute Gasteiger partial charge is 0.252 e. The van der Waals surface area contributed by atoms with Gasteiger partial charge in [0.05, 0.1) is 12.2 Å². The van der Waals surface area contributed by atoms with Crippen LogP contribution in [0, 0.1) is 11.8 Å². The molecule has 1 heterocycles. The van der Waals surface area contributed by atoms with Gasteiger partial charge in [0.2, 0.25) is 0 Å². The molecule has 0 fully saturated rings. The van der Waals surface area contributed by atoms with Crippen LogP contribution in [0.4, 0.5) is 0 Å². The van der Waals surface area contributed by atoms with E-state index in [1.165, 1.54) is 6.20 Å². The lowest BCUT2D eigenvalue weighted by Crippen LogP contribution is -2.24. The highest BCUT2D eigenvalue weighted by atomic mass is 16.2. The second kappa shape index (κ2) is 8.26. The fourth-order valence-electron chi connectivity index (χ4n) is 1.33. The third-order valence-electron chi connectivity index (χ3n) is 2.29. The molecule has 0 aromatic carbocycles. The number of nitrogens with one attached hydrogen (secondary N) is 1. The molecule has 0 radical (unpaired) electrons. The predicted molar refractivity (Wildman–Crippen MR) is 70.1 cm³/mol. The summed E-state index contributed by atoms with van der Waals surface area (Å²) in [6, 6.07) is 1.71. The Balaban J connectivity index is 2.64. The minimum Gasteiger partial charge on any atom is -0.395 e. The molecule has 2 N–H and O–H groups in total. The van der Waals surface area contributed by atoms with Crippen LogP contribution in [0.3, 0.4) is 0 Å². The van der Waals surface area contributed by atoms with Crippen molar-refractivity contribution in [1.82, 2.24) is 10.3 Å². The molecule has 1 aromatic heterocycles. The van der Waals surface area contributed by atoms with Crippen molar-refractivity contribution in [3.63, 3.8) is 0 Å². The molecule has 0 spiro atoms. The van der Waals surface area contributed by atoms with E-state index in [0.717, 1.165) is 12.8 Å². The van der Waals surface area contributed by atoms with Crippen molar-refractivity contribution >= 4 is 5.91 Å². The summed E-state index contributed by atoms with van der Waals surface area (Å²) in [5.41, 5.74) is 1.20. The van der Waals surface area contributed by atoms with E-state index in [0.29, 0.717) is 24.1 Å². The van der Waals surface area contributed by atoms with Gasteiger partial charge in [0, 0.05) is 30.9 Å². The van der Waals surface area contributed by atoms with Gasteiger partial charge in [-0.1, -0.05) is 25.2 Å². The number of aliphatic hydroxyl groups excluding tert-OH is 1. The van der Waals surface area contributed by atoms with E-state index in [-0.39, 0.29) is 12.5 Å². The van der Waals surface area contributed by atoms with E-state index in [4.69, 9.17) is 5.11 Å². The highest BCUT2D eigenvalue weighted by molar-refractivity contribution is 5.94. The van der Waals surface area contributed by atoms with Gasteiger partial charge >= 0.3 is 0 Å². The fraction of sp³-hybridized carbons (Fsp3) is 0.429. The van der Waals surface area contributed by atoms with Crippen LogP contribution < -0.4 is 5.32 Å². The van der Waals surface area contributed by atoms with Gasteiger partial charge in [-0.25, -0.2) is 0 Å². The third-order valence-corrected chi connectivity index (χ3v) is 2.29. The molecule has 18 heavy (non-hydrogen) atoms. The second-order valence-corrected chi connectivity index (χ2v) is 3.85. The monoisotopic (exact) mass is 246 g/mol. The van der Waals surface area contributed by atoms with Gasteiger partial charge in [-0.05, 0) is 12.5 Å². The molecule has 0 aliphatic carbocycles. The Morgan fingerprint density at radius 2 is 2.33 bits per heavy atom.